The first kappa shape index (κ1) is 16.5. The number of imidazole rings is 1. The zero-order valence-corrected chi connectivity index (χ0v) is 14.9. The van der Waals surface area contributed by atoms with Crippen LogP contribution in [0, 0.1) is 18.8 Å². The molecule has 26 heavy (non-hydrogen) atoms. The predicted octanol–water partition coefficient (Wildman–Crippen LogP) is 2.41. The maximum Gasteiger partial charge on any atom is 0.240 e. The van der Waals surface area contributed by atoms with Crippen LogP contribution in [0.1, 0.15) is 37.1 Å². The number of nitrogens with zero attached hydrogens (tertiary/aromatic N) is 5. The van der Waals surface area contributed by atoms with Crippen LogP contribution in [0.15, 0.2) is 24.5 Å². The molecule has 1 saturated carbocycles. The van der Waals surface area contributed by atoms with Crippen molar-refractivity contribution in [2.24, 2.45) is 0 Å². The first-order valence-corrected chi connectivity index (χ1v) is 8.63. The number of nitrogens with two attached hydrogens (primary N) is 1. The zero-order valence-electron chi connectivity index (χ0n) is 14.9. The SMILES string of the molecule is COC1(C#Cc2ccc3nc(C)n(-c4ncnc(N)n4)c3c2)CCCC1. The summed E-state index contributed by atoms with van der Waals surface area (Å²) in [5.41, 5.74) is 8.04. The van der Waals surface area contributed by atoms with Crippen LogP contribution in [0.3, 0.4) is 0 Å². The first-order valence-electron chi connectivity index (χ1n) is 8.63. The van der Waals surface area contributed by atoms with Crippen molar-refractivity contribution >= 4 is 17.0 Å². The molecule has 1 aromatic carbocycles. The van der Waals surface area contributed by atoms with E-state index in [9.17, 15) is 0 Å². The summed E-state index contributed by atoms with van der Waals surface area (Å²) in [6, 6.07) is 5.94. The van der Waals surface area contributed by atoms with Crippen LogP contribution in [0.4, 0.5) is 5.95 Å². The summed E-state index contributed by atoms with van der Waals surface area (Å²) >= 11 is 0. The number of fused-ring (bicyclic) bond motifs is 1. The second-order valence-electron chi connectivity index (χ2n) is 6.50. The molecular weight excluding hydrogens is 328 g/mol. The van der Waals surface area contributed by atoms with Gasteiger partial charge in [0.2, 0.25) is 11.9 Å². The number of aryl methyl sites for hydroxylation is 1. The molecule has 0 amide bonds. The van der Waals surface area contributed by atoms with Crippen LogP contribution in [0.2, 0.25) is 0 Å². The van der Waals surface area contributed by atoms with Crippen molar-refractivity contribution in [2.45, 2.75) is 38.2 Å². The number of methoxy groups -OCH3 is 1. The molecule has 2 N–H and O–H groups in total. The van der Waals surface area contributed by atoms with Crippen molar-refractivity contribution in [3.63, 3.8) is 0 Å². The topological polar surface area (TPSA) is 91.7 Å². The van der Waals surface area contributed by atoms with E-state index >= 15 is 0 Å². The van der Waals surface area contributed by atoms with Gasteiger partial charge in [0, 0.05) is 12.7 Å². The minimum absolute atomic E-state index is 0.176. The van der Waals surface area contributed by atoms with Gasteiger partial charge in [0.1, 0.15) is 17.8 Å². The molecule has 1 aliphatic carbocycles. The quantitative estimate of drug-likeness (QED) is 0.715. The highest BCUT2D eigenvalue weighted by molar-refractivity contribution is 5.79. The van der Waals surface area contributed by atoms with Crippen LogP contribution < -0.4 is 5.73 Å². The van der Waals surface area contributed by atoms with E-state index in [1.165, 1.54) is 6.33 Å². The molecule has 3 aromatic rings. The number of aromatic nitrogens is 5. The van der Waals surface area contributed by atoms with E-state index in [1.54, 1.807) is 7.11 Å². The fourth-order valence-corrected chi connectivity index (χ4v) is 3.45. The lowest BCUT2D eigenvalue weighted by Gasteiger charge is -2.19. The number of nitrogen functional groups attached to an aromatic ring is 1. The lowest BCUT2D eigenvalue weighted by molar-refractivity contribution is 0.0475. The van der Waals surface area contributed by atoms with Gasteiger partial charge in [-0.1, -0.05) is 11.8 Å². The summed E-state index contributed by atoms with van der Waals surface area (Å²) in [7, 11) is 1.74. The van der Waals surface area contributed by atoms with Crippen LogP contribution >= 0.6 is 0 Å². The Hall–Kier alpha value is -2.98. The van der Waals surface area contributed by atoms with Crippen molar-refractivity contribution in [1.29, 1.82) is 0 Å². The van der Waals surface area contributed by atoms with E-state index in [0.717, 1.165) is 48.1 Å². The molecule has 0 unspecified atom stereocenters. The molecular formula is C19H20N6O. The average Bonchev–Trinajstić information content (AvgIpc) is 3.24. The van der Waals surface area contributed by atoms with Crippen molar-refractivity contribution in [1.82, 2.24) is 24.5 Å². The summed E-state index contributed by atoms with van der Waals surface area (Å²) < 4.78 is 7.55. The second kappa shape index (κ2) is 6.39. The summed E-state index contributed by atoms with van der Waals surface area (Å²) in [6.45, 7) is 1.91. The Bertz CT molecular complexity index is 1020. The summed E-state index contributed by atoms with van der Waals surface area (Å²) in [6.07, 6.45) is 5.69. The van der Waals surface area contributed by atoms with E-state index in [2.05, 4.69) is 31.8 Å². The minimum Gasteiger partial charge on any atom is -0.368 e. The summed E-state index contributed by atoms with van der Waals surface area (Å²) in [5.74, 6) is 8.02. The summed E-state index contributed by atoms with van der Waals surface area (Å²) in [5, 5.41) is 0. The first-order chi connectivity index (χ1) is 12.6. The Kier molecular flexibility index (Phi) is 4.05. The van der Waals surface area contributed by atoms with Gasteiger partial charge in [-0.15, -0.1) is 0 Å². The van der Waals surface area contributed by atoms with Crippen LogP contribution in [0.25, 0.3) is 17.0 Å². The minimum atomic E-state index is -0.312. The van der Waals surface area contributed by atoms with Gasteiger partial charge < -0.3 is 10.5 Å². The number of anilines is 1. The number of rotatable bonds is 2. The van der Waals surface area contributed by atoms with Gasteiger partial charge >= 0.3 is 0 Å². The van der Waals surface area contributed by atoms with E-state index in [-0.39, 0.29) is 11.5 Å². The number of hydrogen-bond donors (Lipinski definition) is 1. The second-order valence-corrected chi connectivity index (χ2v) is 6.50. The highest BCUT2D eigenvalue weighted by Crippen LogP contribution is 2.32. The third kappa shape index (κ3) is 2.89. The Morgan fingerprint density at radius 1 is 1.19 bits per heavy atom. The predicted molar refractivity (Wildman–Crippen MR) is 98.7 cm³/mol. The molecule has 4 rings (SSSR count). The fourth-order valence-electron chi connectivity index (χ4n) is 3.45. The molecule has 0 aliphatic heterocycles. The molecule has 0 saturated heterocycles. The maximum atomic E-state index is 5.70. The van der Waals surface area contributed by atoms with E-state index < -0.39 is 0 Å². The molecule has 7 nitrogen and oxygen atoms in total. The lowest BCUT2D eigenvalue weighted by Crippen LogP contribution is -2.24. The molecule has 0 spiro atoms. The fraction of sp³-hybridized carbons (Fsp3) is 0.368. The van der Waals surface area contributed by atoms with Crippen LogP contribution in [-0.2, 0) is 4.74 Å². The van der Waals surface area contributed by atoms with Crippen LogP contribution in [0.5, 0.6) is 0 Å². The van der Waals surface area contributed by atoms with Crippen LogP contribution in [-0.4, -0.2) is 37.2 Å². The largest absolute Gasteiger partial charge is 0.368 e. The monoisotopic (exact) mass is 348 g/mol. The molecule has 7 heteroatoms. The van der Waals surface area contributed by atoms with Gasteiger partial charge in [0.15, 0.2) is 0 Å². The highest BCUT2D eigenvalue weighted by Gasteiger charge is 2.31. The molecule has 0 radical (unpaired) electrons. The average molecular weight is 348 g/mol. The van der Waals surface area contributed by atoms with Crippen molar-refractivity contribution in [3.05, 3.63) is 35.9 Å². The smallest absolute Gasteiger partial charge is 0.240 e. The van der Waals surface area contributed by atoms with Crippen molar-refractivity contribution < 1.29 is 4.74 Å². The molecule has 1 fully saturated rings. The lowest BCUT2D eigenvalue weighted by atomic mass is 10.0. The van der Waals surface area contributed by atoms with Gasteiger partial charge in [-0.25, -0.2) is 15.0 Å². The Balaban J connectivity index is 1.79. The molecule has 2 heterocycles. The Morgan fingerprint density at radius 3 is 2.73 bits per heavy atom. The van der Waals surface area contributed by atoms with Gasteiger partial charge in [0.05, 0.1) is 11.0 Å². The zero-order chi connectivity index (χ0) is 18.1. The molecule has 0 atom stereocenters. The Labute approximate surface area is 151 Å². The number of hydrogen-bond acceptors (Lipinski definition) is 6. The number of ether oxygens (including phenoxy) is 1. The van der Waals surface area contributed by atoms with E-state index in [1.807, 2.05) is 29.7 Å². The summed E-state index contributed by atoms with van der Waals surface area (Å²) in [4.78, 5) is 16.9. The normalized spacial score (nSPS) is 15.8. The van der Waals surface area contributed by atoms with E-state index in [0.29, 0.717) is 5.95 Å². The standard InChI is InChI=1S/C19H20N6O/c1-13-23-15-6-5-14(7-10-19(26-2)8-3-4-9-19)11-16(15)25(13)18-22-12-21-17(20)24-18/h5-6,11-12H,3-4,8-9H2,1-2H3,(H2,20,21,22,24). The molecule has 132 valence electrons. The third-order valence-corrected chi connectivity index (χ3v) is 4.84. The molecule has 2 aromatic heterocycles. The van der Waals surface area contributed by atoms with Crippen molar-refractivity contribution in [3.8, 4) is 17.8 Å². The number of benzene rings is 1. The maximum absolute atomic E-state index is 5.70. The Morgan fingerprint density at radius 2 is 2.00 bits per heavy atom. The molecule has 0 bridgehead atoms. The van der Waals surface area contributed by atoms with Crippen molar-refractivity contribution in [2.75, 3.05) is 12.8 Å². The highest BCUT2D eigenvalue weighted by atomic mass is 16.5. The molecule has 1 aliphatic rings. The van der Waals surface area contributed by atoms with Gasteiger partial charge in [-0.2, -0.15) is 4.98 Å². The van der Waals surface area contributed by atoms with E-state index in [4.69, 9.17) is 10.5 Å². The third-order valence-electron chi connectivity index (χ3n) is 4.84. The van der Waals surface area contributed by atoms with Gasteiger partial charge in [-0.3, -0.25) is 4.57 Å². The van der Waals surface area contributed by atoms with Gasteiger partial charge in [0.25, 0.3) is 0 Å². The van der Waals surface area contributed by atoms with Gasteiger partial charge in [-0.05, 0) is 50.8 Å².